The minimum absolute atomic E-state index is 0.0931. The van der Waals surface area contributed by atoms with Crippen molar-refractivity contribution in [2.24, 2.45) is 0 Å². The van der Waals surface area contributed by atoms with Gasteiger partial charge in [-0.1, -0.05) is 6.07 Å². The van der Waals surface area contributed by atoms with Crippen LogP contribution in [0.5, 0.6) is 0 Å². The number of nitrogens with zero attached hydrogens (tertiary/aromatic N) is 4. The lowest BCUT2D eigenvalue weighted by atomic mass is 10.1. The van der Waals surface area contributed by atoms with E-state index in [2.05, 4.69) is 20.2 Å². The summed E-state index contributed by atoms with van der Waals surface area (Å²) in [6.07, 6.45) is 7.42. The van der Waals surface area contributed by atoms with E-state index in [9.17, 15) is 4.79 Å². The van der Waals surface area contributed by atoms with Crippen LogP contribution in [0, 0.1) is 6.92 Å². The van der Waals surface area contributed by atoms with E-state index in [1.54, 1.807) is 0 Å². The maximum atomic E-state index is 12.5. The quantitative estimate of drug-likeness (QED) is 0.787. The van der Waals surface area contributed by atoms with Crippen LogP contribution in [-0.4, -0.2) is 33.4 Å². The number of rotatable bonds is 4. The molecule has 26 heavy (non-hydrogen) atoms. The molecule has 0 aliphatic carbocycles. The molecule has 6 nitrogen and oxygen atoms in total. The van der Waals surface area contributed by atoms with Crippen LogP contribution in [0.25, 0.3) is 5.52 Å². The van der Waals surface area contributed by atoms with Crippen molar-refractivity contribution in [1.82, 2.24) is 19.7 Å². The van der Waals surface area contributed by atoms with Crippen LogP contribution in [0.4, 0.5) is 5.95 Å². The van der Waals surface area contributed by atoms with Gasteiger partial charge in [0.2, 0.25) is 5.95 Å². The number of hydrogen-bond acceptors (Lipinski definition) is 4. The summed E-state index contributed by atoms with van der Waals surface area (Å²) in [4.78, 5) is 24.0. The lowest BCUT2D eigenvalue weighted by molar-refractivity contribution is 0.0950. The predicted molar refractivity (Wildman–Crippen MR) is 101 cm³/mol. The van der Waals surface area contributed by atoms with E-state index < -0.39 is 0 Å². The van der Waals surface area contributed by atoms with E-state index in [1.165, 1.54) is 19.3 Å². The molecular formula is C20H23N5O. The molecule has 0 unspecified atom stereocenters. The average Bonchev–Trinajstić information content (AvgIpc) is 3.11. The van der Waals surface area contributed by atoms with Crippen molar-refractivity contribution in [2.75, 3.05) is 18.0 Å². The first-order valence-corrected chi connectivity index (χ1v) is 9.13. The molecular weight excluding hydrogens is 326 g/mol. The van der Waals surface area contributed by atoms with Crippen molar-refractivity contribution in [2.45, 2.75) is 32.7 Å². The van der Waals surface area contributed by atoms with E-state index in [1.807, 2.05) is 54.0 Å². The van der Waals surface area contributed by atoms with Crippen LogP contribution in [0.1, 0.15) is 41.0 Å². The summed E-state index contributed by atoms with van der Waals surface area (Å²) < 4.78 is 1.94. The maximum Gasteiger partial charge on any atom is 0.253 e. The summed E-state index contributed by atoms with van der Waals surface area (Å²) in [7, 11) is 0. The summed E-state index contributed by atoms with van der Waals surface area (Å²) >= 11 is 0. The standard InChI is InChI=1S/C20H23N5O/c1-15-11-17(23-20(22-15)24-8-4-2-5-9-24)13-21-19(26)16-12-18-7-3-6-10-25(18)14-16/h3,6-7,10-12,14H,2,4-5,8-9,13H2,1H3,(H,21,26). The average molecular weight is 349 g/mol. The minimum Gasteiger partial charge on any atom is -0.346 e. The zero-order chi connectivity index (χ0) is 17.9. The van der Waals surface area contributed by atoms with Gasteiger partial charge in [-0.2, -0.15) is 0 Å². The van der Waals surface area contributed by atoms with Crippen molar-refractivity contribution < 1.29 is 4.79 Å². The van der Waals surface area contributed by atoms with Crippen LogP contribution in [0.2, 0.25) is 0 Å². The number of fused-ring (bicyclic) bond motifs is 1. The Balaban J connectivity index is 1.46. The molecule has 1 fully saturated rings. The van der Waals surface area contributed by atoms with Crippen molar-refractivity contribution >= 4 is 17.4 Å². The third kappa shape index (κ3) is 3.54. The van der Waals surface area contributed by atoms with Gasteiger partial charge in [0.25, 0.3) is 5.91 Å². The van der Waals surface area contributed by atoms with Gasteiger partial charge < -0.3 is 14.6 Å². The monoisotopic (exact) mass is 349 g/mol. The molecule has 6 heteroatoms. The molecule has 1 aliphatic heterocycles. The van der Waals surface area contributed by atoms with Gasteiger partial charge in [-0.3, -0.25) is 4.79 Å². The number of nitrogens with one attached hydrogen (secondary N) is 1. The summed E-state index contributed by atoms with van der Waals surface area (Å²) in [6, 6.07) is 9.71. The maximum absolute atomic E-state index is 12.5. The van der Waals surface area contributed by atoms with Crippen molar-refractivity contribution in [3.8, 4) is 0 Å². The Morgan fingerprint density at radius 1 is 1.15 bits per heavy atom. The number of carbonyl (C=O) groups excluding carboxylic acids is 1. The fourth-order valence-corrected chi connectivity index (χ4v) is 3.40. The second kappa shape index (κ2) is 7.15. The van der Waals surface area contributed by atoms with E-state index in [0.29, 0.717) is 12.1 Å². The number of hydrogen-bond donors (Lipinski definition) is 1. The molecule has 0 bridgehead atoms. The number of aromatic nitrogens is 3. The first-order chi connectivity index (χ1) is 12.7. The van der Waals surface area contributed by atoms with Gasteiger partial charge in [-0.25, -0.2) is 9.97 Å². The van der Waals surface area contributed by atoms with Crippen molar-refractivity contribution in [1.29, 1.82) is 0 Å². The fraction of sp³-hybridized carbons (Fsp3) is 0.350. The Morgan fingerprint density at radius 2 is 2.00 bits per heavy atom. The highest BCUT2D eigenvalue weighted by atomic mass is 16.1. The Kier molecular flexibility index (Phi) is 4.56. The van der Waals surface area contributed by atoms with Crippen LogP contribution in [-0.2, 0) is 6.54 Å². The lowest BCUT2D eigenvalue weighted by Crippen LogP contribution is -2.31. The predicted octanol–water partition coefficient (Wildman–Crippen LogP) is 2.96. The molecule has 4 rings (SSSR count). The number of amides is 1. The number of carbonyl (C=O) groups is 1. The number of anilines is 1. The SMILES string of the molecule is Cc1cc(CNC(=O)c2cc3ccccn3c2)nc(N2CCCCC2)n1. The Labute approximate surface area is 152 Å². The molecule has 0 aromatic carbocycles. The summed E-state index contributed by atoms with van der Waals surface area (Å²) in [5.41, 5.74) is 3.43. The van der Waals surface area contributed by atoms with Crippen molar-refractivity contribution in [3.05, 3.63) is 59.7 Å². The number of aryl methyl sites for hydroxylation is 1. The molecule has 0 spiro atoms. The van der Waals surface area contributed by atoms with Crippen LogP contribution < -0.4 is 10.2 Å². The number of piperidine rings is 1. The van der Waals surface area contributed by atoms with E-state index >= 15 is 0 Å². The Bertz CT molecular complexity index is 894. The van der Waals surface area contributed by atoms with Gasteiger partial charge in [0.1, 0.15) is 0 Å². The molecule has 0 atom stereocenters. The third-order valence-corrected chi connectivity index (χ3v) is 4.73. The Morgan fingerprint density at radius 3 is 2.81 bits per heavy atom. The highest BCUT2D eigenvalue weighted by Gasteiger charge is 2.15. The molecule has 3 aromatic heterocycles. The summed E-state index contributed by atoms with van der Waals surface area (Å²) in [5.74, 6) is 0.688. The molecule has 4 heterocycles. The van der Waals surface area contributed by atoms with Crippen LogP contribution in [0.15, 0.2) is 42.7 Å². The topological polar surface area (TPSA) is 62.5 Å². The minimum atomic E-state index is -0.0931. The van der Waals surface area contributed by atoms with Gasteiger partial charge in [0.15, 0.2) is 0 Å². The zero-order valence-electron chi connectivity index (χ0n) is 15.0. The Hall–Kier alpha value is -2.89. The molecule has 3 aromatic rings. The number of pyridine rings is 1. The molecule has 0 radical (unpaired) electrons. The van der Waals surface area contributed by atoms with Gasteiger partial charge >= 0.3 is 0 Å². The first-order valence-electron chi connectivity index (χ1n) is 9.13. The van der Waals surface area contributed by atoms with E-state index in [-0.39, 0.29) is 5.91 Å². The molecule has 1 N–H and O–H groups in total. The van der Waals surface area contributed by atoms with Gasteiger partial charge in [0.05, 0.1) is 17.8 Å². The summed E-state index contributed by atoms with van der Waals surface area (Å²) in [6.45, 7) is 4.38. The largest absolute Gasteiger partial charge is 0.346 e. The van der Waals surface area contributed by atoms with Gasteiger partial charge in [0, 0.05) is 36.7 Å². The summed E-state index contributed by atoms with van der Waals surface area (Å²) in [5, 5.41) is 2.97. The van der Waals surface area contributed by atoms with E-state index in [0.717, 1.165) is 35.9 Å². The van der Waals surface area contributed by atoms with Gasteiger partial charge in [-0.05, 0) is 50.5 Å². The normalized spacial score (nSPS) is 14.6. The van der Waals surface area contributed by atoms with Crippen LogP contribution >= 0.6 is 0 Å². The smallest absolute Gasteiger partial charge is 0.253 e. The molecule has 134 valence electrons. The second-order valence-corrected chi connectivity index (χ2v) is 6.79. The molecule has 1 aliphatic rings. The molecule has 1 saturated heterocycles. The van der Waals surface area contributed by atoms with Crippen LogP contribution in [0.3, 0.4) is 0 Å². The highest BCUT2D eigenvalue weighted by Crippen LogP contribution is 2.17. The molecule has 1 amide bonds. The zero-order valence-corrected chi connectivity index (χ0v) is 15.0. The van der Waals surface area contributed by atoms with E-state index in [4.69, 9.17) is 0 Å². The highest BCUT2D eigenvalue weighted by molar-refractivity contribution is 5.95. The van der Waals surface area contributed by atoms with Crippen molar-refractivity contribution in [3.63, 3.8) is 0 Å². The fourth-order valence-electron chi connectivity index (χ4n) is 3.40. The van der Waals surface area contributed by atoms with Gasteiger partial charge in [-0.15, -0.1) is 0 Å². The molecule has 0 saturated carbocycles. The lowest BCUT2D eigenvalue weighted by Gasteiger charge is -2.27. The first kappa shape index (κ1) is 16.6. The second-order valence-electron chi connectivity index (χ2n) is 6.79. The third-order valence-electron chi connectivity index (χ3n) is 4.73.